The molecule has 2 saturated heterocycles. The smallest absolute Gasteiger partial charge is 0.338 e. The standard InChI is InChI=1S/C6H8O6/c7-1-3-4(12-5(1)9)2(8)6(10)11-3/h1-5,7-9H/t1-,2+,3+,4+,5?/m1/s1. The molecule has 6 heteroatoms. The molecule has 12 heavy (non-hydrogen) atoms. The van der Waals surface area contributed by atoms with Crippen molar-refractivity contribution < 1.29 is 29.6 Å². The minimum Gasteiger partial charge on any atom is -0.454 e. The van der Waals surface area contributed by atoms with Crippen molar-refractivity contribution in [3.63, 3.8) is 0 Å². The Morgan fingerprint density at radius 3 is 2.42 bits per heavy atom. The van der Waals surface area contributed by atoms with Crippen molar-refractivity contribution in [3.05, 3.63) is 0 Å². The van der Waals surface area contributed by atoms with Crippen LogP contribution in [0.3, 0.4) is 0 Å². The summed E-state index contributed by atoms with van der Waals surface area (Å²) in [6.45, 7) is 0. The van der Waals surface area contributed by atoms with Gasteiger partial charge in [0.15, 0.2) is 18.5 Å². The Balaban J connectivity index is 2.19. The number of hydrogen-bond donors (Lipinski definition) is 3. The molecule has 2 aliphatic heterocycles. The average Bonchev–Trinajstić information content (AvgIpc) is 2.43. The zero-order valence-corrected chi connectivity index (χ0v) is 5.95. The van der Waals surface area contributed by atoms with Gasteiger partial charge in [0.05, 0.1) is 0 Å². The van der Waals surface area contributed by atoms with Crippen molar-refractivity contribution in [1.29, 1.82) is 0 Å². The van der Waals surface area contributed by atoms with Crippen LogP contribution in [0.4, 0.5) is 0 Å². The molecule has 0 spiro atoms. The van der Waals surface area contributed by atoms with E-state index in [2.05, 4.69) is 9.47 Å². The van der Waals surface area contributed by atoms with Gasteiger partial charge in [0.2, 0.25) is 0 Å². The van der Waals surface area contributed by atoms with Crippen LogP contribution in [0.1, 0.15) is 0 Å². The first-order valence-electron chi connectivity index (χ1n) is 3.51. The second-order valence-corrected chi connectivity index (χ2v) is 2.83. The lowest BCUT2D eigenvalue weighted by Crippen LogP contribution is -2.32. The van der Waals surface area contributed by atoms with Gasteiger partial charge < -0.3 is 24.8 Å². The molecule has 5 atom stereocenters. The lowest BCUT2D eigenvalue weighted by molar-refractivity contribution is -0.168. The summed E-state index contributed by atoms with van der Waals surface area (Å²) in [5.41, 5.74) is 0. The van der Waals surface area contributed by atoms with Crippen LogP contribution < -0.4 is 0 Å². The first kappa shape index (κ1) is 7.93. The maximum atomic E-state index is 10.7. The summed E-state index contributed by atoms with van der Waals surface area (Å²) in [5.74, 6) is -0.823. The van der Waals surface area contributed by atoms with E-state index >= 15 is 0 Å². The highest BCUT2D eigenvalue weighted by Crippen LogP contribution is 2.30. The Hall–Kier alpha value is -0.690. The summed E-state index contributed by atoms with van der Waals surface area (Å²) in [5, 5.41) is 27.2. The number of carbonyl (C=O) groups is 1. The second-order valence-electron chi connectivity index (χ2n) is 2.83. The summed E-state index contributed by atoms with van der Waals surface area (Å²) >= 11 is 0. The number of esters is 1. The van der Waals surface area contributed by atoms with E-state index in [1.807, 2.05) is 0 Å². The molecule has 0 aliphatic carbocycles. The van der Waals surface area contributed by atoms with Crippen LogP contribution in [0, 0.1) is 0 Å². The van der Waals surface area contributed by atoms with Crippen LogP contribution in [0.15, 0.2) is 0 Å². The molecule has 0 bridgehead atoms. The lowest BCUT2D eigenvalue weighted by atomic mass is 10.1. The van der Waals surface area contributed by atoms with E-state index in [0.29, 0.717) is 0 Å². The van der Waals surface area contributed by atoms with E-state index in [1.54, 1.807) is 0 Å². The highest BCUT2D eigenvalue weighted by atomic mass is 16.7. The molecule has 0 aromatic heterocycles. The van der Waals surface area contributed by atoms with E-state index in [9.17, 15) is 4.79 Å². The van der Waals surface area contributed by atoms with Crippen molar-refractivity contribution in [3.8, 4) is 0 Å². The van der Waals surface area contributed by atoms with E-state index < -0.39 is 36.7 Å². The molecule has 1 unspecified atom stereocenters. The second kappa shape index (κ2) is 2.40. The molecule has 0 saturated carbocycles. The molecule has 0 aromatic carbocycles. The van der Waals surface area contributed by atoms with Crippen molar-refractivity contribution in [2.24, 2.45) is 0 Å². The average molecular weight is 176 g/mol. The van der Waals surface area contributed by atoms with Crippen molar-refractivity contribution in [2.75, 3.05) is 0 Å². The largest absolute Gasteiger partial charge is 0.454 e. The zero-order valence-electron chi connectivity index (χ0n) is 5.95. The zero-order chi connectivity index (χ0) is 8.88. The van der Waals surface area contributed by atoms with Gasteiger partial charge in [-0.15, -0.1) is 0 Å². The molecule has 2 heterocycles. The first-order chi connectivity index (χ1) is 5.61. The van der Waals surface area contributed by atoms with E-state index in [-0.39, 0.29) is 0 Å². The third-order valence-corrected chi connectivity index (χ3v) is 2.05. The normalized spacial score (nSPS) is 52.2. The van der Waals surface area contributed by atoms with Gasteiger partial charge in [-0.25, -0.2) is 4.79 Å². The first-order valence-corrected chi connectivity index (χ1v) is 3.51. The predicted molar refractivity (Wildman–Crippen MR) is 32.8 cm³/mol. The molecule has 68 valence electrons. The van der Waals surface area contributed by atoms with Crippen LogP contribution in [0.2, 0.25) is 0 Å². The summed E-state index contributed by atoms with van der Waals surface area (Å²) in [6, 6.07) is 0. The number of fused-ring (bicyclic) bond motifs is 1. The molecule has 0 radical (unpaired) electrons. The molecule has 3 N–H and O–H groups in total. The minimum atomic E-state index is -1.40. The van der Waals surface area contributed by atoms with Crippen LogP contribution in [-0.2, 0) is 14.3 Å². The third kappa shape index (κ3) is 0.862. The number of hydrogen-bond acceptors (Lipinski definition) is 6. The SMILES string of the molecule is O=C1O[C@@H]2[C@@H](OC(O)[C@@H]2O)[C@@H]1O. The number of carbonyl (C=O) groups excluding carboxylic acids is 1. The number of rotatable bonds is 0. The fourth-order valence-corrected chi connectivity index (χ4v) is 1.40. The summed E-state index contributed by atoms with van der Waals surface area (Å²) in [6.07, 6.45) is -5.94. The Bertz CT molecular complexity index is 216. The van der Waals surface area contributed by atoms with Gasteiger partial charge in [0.1, 0.15) is 12.2 Å². The highest BCUT2D eigenvalue weighted by Gasteiger charge is 2.56. The van der Waals surface area contributed by atoms with Gasteiger partial charge >= 0.3 is 5.97 Å². The molecule has 6 nitrogen and oxygen atoms in total. The Morgan fingerprint density at radius 2 is 1.83 bits per heavy atom. The molecular weight excluding hydrogens is 168 g/mol. The molecule has 2 rings (SSSR count). The van der Waals surface area contributed by atoms with Gasteiger partial charge in [0.25, 0.3) is 0 Å². The Morgan fingerprint density at radius 1 is 1.17 bits per heavy atom. The van der Waals surface area contributed by atoms with E-state index in [0.717, 1.165) is 0 Å². The monoisotopic (exact) mass is 176 g/mol. The summed E-state index contributed by atoms with van der Waals surface area (Å²) in [7, 11) is 0. The maximum Gasteiger partial charge on any atom is 0.338 e. The van der Waals surface area contributed by atoms with E-state index in [4.69, 9.17) is 15.3 Å². The number of ether oxygens (including phenoxy) is 2. The Kier molecular flexibility index (Phi) is 1.58. The van der Waals surface area contributed by atoms with Gasteiger partial charge in [-0.2, -0.15) is 0 Å². The fourth-order valence-electron chi connectivity index (χ4n) is 1.40. The van der Waals surface area contributed by atoms with Crippen LogP contribution in [0.25, 0.3) is 0 Å². The lowest BCUT2D eigenvalue weighted by Gasteiger charge is -2.10. The van der Waals surface area contributed by atoms with Gasteiger partial charge in [-0.05, 0) is 0 Å². The van der Waals surface area contributed by atoms with Gasteiger partial charge in [0, 0.05) is 0 Å². The highest BCUT2D eigenvalue weighted by molar-refractivity contribution is 5.78. The van der Waals surface area contributed by atoms with Gasteiger partial charge in [-0.1, -0.05) is 0 Å². The molecule has 0 amide bonds. The summed E-state index contributed by atoms with van der Waals surface area (Å²) in [4.78, 5) is 10.7. The minimum absolute atomic E-state index is 0.823. The van der Waals surface area contributed by atoms with Crippen molar-refractivity contribution >= 4 is 5.97 Å². The third-order valence-electron chi connectivity index (χ3n) is 2.05. The molecular formula is C6H8O6. The molecule has 2 aliphatic rings. The molecule has 2 fully saturated rings. The van der Waals surface area contributed by atoms with Crippen LogP contribution in [-0.4, -0.2) is 52.0 Å². The quantitative estimate of drug-likeness (QED) is 0.349. The fraction of sp³-hybridized carbons (Fsp3) is 0.833. The maximum absolute atomic E-state index is 10.7. The van der Waals surface area contributed by atoms with Crippen LogP contribution in [0.5, 0.6) is 0 Å². The predicted octanol–water partition coefficient (Wildman–Crippen LogP) is -2.65. The molecule has 0 aromatic rings. The van der Waals surface area contributed by atoms with Gasteiger partial charge in [-0.3, -0.25) is 0 Å². The van der Waals surface area contributed by atoms with Crippen molar-refractivity contribution in [1.82, 2.24) is 0 Å². The van der Waals surface area contributed by atoms with Crippen LogP contribution >= 0.6 is 0 Å². The van der Waals surface area contributed by atoms with E-state index in [1.165, 1.54) is 0 Å². The number of aliphatic hydroxyl groups excluding tert-OH is 3. The topological polar surface area (TPSA) is 96.2 Å². The van der Waals surface area contributed by atoms with Crippen molar-refractivity contribution in [2.45, 2.75) is 30.7 Å². The number of aliphatic hydroxyl groups is 3. The Labute approximate surface area is 67.3 Å². The summed E-state index contributed by atoms with van der Waals surface area (Å²) < 4.78 is 9.25.